The van der Waals surface area contributed by atoms with Crippen LogP contribution in [0.15, 0.2) is 42.9 Å². The Hall–Kier alpha value is -3.13. The Morgan fingerprint density at radius 3 is 2.52 bits per heavy atom. The fourth-order valence-corrected chi connectivity index (χ4v) is 5.19. The van der Waals surface area contributed by atoms with Crippen molar-refractivity contribution in [2.24, 2.45) is 0 Å². The first-order valence-electron chi connectivity index (χ1n) is 11.8. The van der Waals surface area contributed by atoms with Gasteiger partial charge in [0.15, 0.2) is 0 Å². The highest BCUT2D eigenvalue weighted by Gasteiger charge is 2.32. The number of hydrogen-bond donors (Lipinski definition) is 1. The van der Waals surface area contributed by atoms with E-state index in [1.165, 1.54) is 10.9 Å². The van der Waals surface area contributed by atoms with E-state index in [1.54, 1.807) is 19.5 Å². The Labute approximate surface area is 194 Å². The minimum absolute atomic E-state index is 0.0893. The lowest BCUT2D eigenvalue weighted by Gasteiger charge is -2.40. The van der Waals surface area contributed by atoms with Crippen LogP contribution in [0.1, 0.15) is 31.2 Å². The number of amides is 1. The molecule has 8 nitrogen and oxygen atoms in total. The summed E-state index contributed by atoms with van der Waals surface area (Å²) in [6.07, 6.45) is 7.79. The zero-order chi connectivity index (χ0) is 22.8. The monoisotopic (exact) mass is 448 g/mol. The van der Waals surface area contributed by atoms with Crippen molar-refractivity contribution in [1.82, 2.24) is 24.8 Å². The fraction of sp³-hybridized carbons (Fsp3) is 0.480. The van der Waals surface area contributed by atoms with Gasteiger partial charge in [0, 0.05) is 55.7 Å². The first kappa shape index (κ1) is 21.7. The molecule has 3 aromatic rings. The van der Waals surface area contributed by atoms with E-state index in [2.05, 4.69) is 50.0 Å². The number of nitrogens with zero attached hydrogens (tertiary/aromatic N) is 5. The zero-order valence-electron chi connectivity index (χ0n) is 19.4. The number of rotatable bonds is 5. The highest BCUT2D eigenvalue weighted by molar-refractivity contribution is 5.85. The summed E-state index contributed by atoms with van der Waals surface area (Å²) in [5, 5.41) is 1.25. The maximum atomic E-state index is 13.2. The van der Waals surface area contributed by atoms with Crippen LogP contribution >= 0.6 is 0 Å². The van der Waals surface area contributed by atoms with Crippen LogP contribution in [0.2, 0.25) is 0 Å². The molecule has 174 valence electrons. The van der Waals surface area contributed by atoms with Gasteiger partial charge >= 0.3 is 0 Å². The Balaban J connectivity index is 1.16. The number of benzene rings is 1. The maximum absolute atomic E-state index is 13.2. The molecule has 0 spiro atoms. The molecular weight excluding hydrogens is 416 g/mol. The van der Waals surface area contributed by atoms with Crippen LogP contribution in [0.5, 0.6) is 5.75 Å². The molecule has 2 fully saturated rings. The van der Waals surface area contributed by atoms with Crippen molar-refractivity contribution in [1.29, 1.82) is 0 Å². The average molecular weight is 449 g/mol. The smallest absolute Gasteiger partial charge is 0.239 e. The van der Waals surface area contributed by atoms with Crippen LogP contribution in [-0.2, 0) is 4.79 Å². The van der Waals surface area contributed by atoms with Crippen LogP contribution in [0.4, 0.5) is 5.95 Å². The summed E-state index contributed by atoms with van der Waals surface area (Å²) in [7, 11) is 1.71. The molecular formula is C25H32N6O2. The van der Waals surface area contributed by atoms with Gasteiger partial charge in [-0.2, -0.15) is 0 Å². The highest BCUT2D eigenvalue weighted by Crippen LogP contribution is 2.35. The third-order valence-electron chi connectivity index (χ3n) is 7.22. The summed E-state index contributed by atoms with van der Waals surface area (Å²) in [6, 6.07) is 7.93. The second kappa shape index (κ2) is 9.39. The molecule has 2 aromatic heterocycles. The number of carbonyl (C=O) groups is 1. The van der Waals surface area contributed by atoms with Gasteiger partial charge in [-0.05, 0) is 68.6 Å². The van der Waals surface area contributed by atoms with E-state index in [0.717, 1.165) is 69.3 Å². The standard InChI is InChI=1S/C25H32N6O2/c1-18(24(32)30-12-14-31(15-13-30)25-26-8-3-9-27-25)29-10-6-19(7-11-29)22-17-28-23-5-4-20(33-2)16-21(22)23/h3-5,8-9,16-19,28H,6-7,10-15H2,1-2H3. The SMILES string of the molecule is COc1ccc2[nH]cc(C3CCN(C(C)C(=O)N4CCN(c5ncccn5)CC4)CC3)c2c1. The lowest BCUT2D eigenvalue weighted by molar-refractivity contribution is -0.137. The van der Waals surface area contributed by atoms with Crippen LogP contribution in [0.3, 0.4) is 0 Å². The van der Waals surface area contributed by atoms with E-state index in [-0.39, 0.29) is 11.9 Å². The predicted molar refractivity (Wildman–Crippen MR) is 129 cm³/mol. The quantitative estimate of drug-likeness (QED) is 0.647. The number of ether oxygens (including phenoxy) is 1. The van der Waals surface area contributed by atoms with E-state index < -0.39 is 0 Å². The first-order chi connectivity index (χ1) is 16.1. The Kier molecular flexibility index (Phi) is 6.17. The van der Waals surface area contributed by atoms with Crippen molar-refractivity contribution in [2.45, 2.75) is 31.7 Å². The van der Waals surface area contributed by atoms with Crippen LogP contribution in [-0.4, -0.2) is 83.1 Å². The summed E-state index contributed by atoms with van der Waals surface area (Å²) in [5.74, 6) is 2.37. The van der Waals surface area contributed by atoms with Gasteiger partial charge < -0.3 is 19.5 Å². The number of carbonyl (C=O) groups excluding carboxylic acids is 1. The van der Waals surface area contributed by atoms with Crippen molar-refractivity contribution in [3.8, 4) is 5.75 Å². The molecule has 1 atom stereocenters. The fourth-order valence-electron chi connectivity index (χ4n) is 5.19. The molecule has 1 amide bonds. The maximum Gasteiger partial charge on any atom is 0.239 e. The minimum atomic E-state index is -0.0893. The molecule has 1 aromatic carbocycles. The molecule has 0 radical (unpaired) electrons. The number of likely N-dealkylation sites (tertiary alicyclic amines) is 1. The molecule has 5 rings (SSSR count). The number of aromatic nitrogens is 3. The van der Waals surface area contributed by atoms with Crippen molar-refractivity contribution in [3.63, 3.8) is 0 Å². The van der Waals surface area contributed by atoms with Gasteiger partial charge in [0.25, 0.3) is 0 Å². The van der Waals surface area contributed by atoms with Crippen LogP contribution in [0.25, 0.3) is 10.9 Å². The van der Waals surface area contributed by atoms with Gasteiger partial charge in [0.1, 0.15) is 5.75 Å². The molecule has 2 saturated heterocycles. The average Bonchev–Trinajstić information content (AvgIpc) is 3.31. The van der Waals surface area contributed by atoms with Crippen LogP contribution in [0, 0.1) is 0 Å². The third kappa shape index (κ3) is 4.39. The molecule has 1 N–H and O–H groups in total. The summed E-state index contributed by atoms with van der Waals surface area (Å²) < 4.78 is 5.42. The van der Waals surface area contributed by atoms with E-state index in [0.29, 0.717) is 5.92 Å². The van der Waals surface area contributed by atoms with E-state index in [1.807, 2.05) is 17.0 Å². The second-order valence-corrected chi connectivity index (χ2v) is 9.00. The van der Waals surface area contributed by atoms with Gasteiger partial charge in [-0.3, -0.25) is 9.69 Å². The number of fused-ring (bicyclic) bond motifs is 1. The lowest BCUT2D eigenvalue weighted by atomic mass is 9.88. The van der Waals surface area contributed by atoms with Gasteiger partial charge in [-0.25, -0.2) is 9.97 Å². The molecule has 0 saturated carbocycles. The summed E-state index contributed by atoms with van der Waals surface area (Å²) >= 11 is 0. The number of piperidine rings is 1. The number of methoxy groups -OCH3 is 1. The molecule has 8 heteroatoms. The number of piperazine rings is 1. The number of nitrogens with one attached hydrogen (secondary N) is 1. The molecule has 2 aliphatic heterocycles. The van der Waals surface area contributed by atoms with Gasteiger partial charge in [0.2, 0.25) is 11.9 Å². The molecule has 4 heterocycles. The minimum Gasteiger partial charge on any atom is -0.497 e. The topological polar surface area (TPSA) is 77.6 Å². The normalized spacial score (nSPS) is 19.1. The number of anilines is 1. The van der Waals surface area contributed by atoms with Gasteiger partial charge in [0.05, 0.1) is 13.2 Å². The number of hydrogen-bond acceptors (Lipinski definition) is 6. The summed E-state index contributed by atoms with van der Waals surface area (Å²) in [6.45, 7) is 6.91. The van der Waals surface area contributed by atoms with E-state index in [4.69, 9.17) is 4.74 Å². The number of aromatic amines is 1. The third-order valence-corrected chi connectivity index (χ3v) is 7.22. The van der Waals surface area contributed by atoms with E-state index in [9.17, 15) is 4.79 Å². The molecule has 2 aliphatic rings. The highest BCUT2D eigenvalue weighted by atomic mass is 16.5. The van der Waals surface area contributed by atoms with Crippen LogP contribution < -0.4 is 9.64 Å². The lowest BCUT2D eigenvalue weighted by Crippen LogP contribution is -2.55. The molecule has 0 bridgehead atoms. The Morgan fingerprint density at radius 2 is 1.82 bits per heavy atom. The van der Waals surface area contributed by atoms with Gasteiger partial charge in [-0.1, -0.05) is 0 Å². The predicted octanol–water partition coefficient (Wildman–Crippen LogP) is 2.88. The van der Waals surface area contributed by atoms with E-state index >= 15 is 0 Å². The molecule has 1 unspecified atom stereocenters. The zero-order valence-corrected chi connectivity index (χ0v) is 19.4. The van der Waals surface area contributed by atoms with Crippen molar-refractivity contribution in [2.75, 3.05) is 51.3 Å². The number of H-pyrrole nitrogens is 1. The van der Waals surface area contributed by atoms with Gasteiger partial charge in [-0.15, -0.1) is 0 Å². The molecule has 0 aliphatic carbocycles. The van der Waals surface area contributed by atoms with Crippen molar-refractivity contribution in [3.05, 3.63) is 48.4 Å². The Morgan fingerprint density at radius 1 is 1.09 bits per heavy atom. The summed E-state index contributed by atoms with van der Waals surface area (Å²) in [4.78, 5) is 31.8. The molecule has 33 heavy (non-hydrogen) atoms. The second-order valence-electron chi connectivity index (χ2n) is 9.00. The summed E-state index contributed by atoms with van der Waals surface area (Å²) in [5.41, 5.74) is 2.51. The Bertz CT molecular complexity index is 1080. The largest absolute Gasteiger partial charge is 0.497 e. The first-order valence-corrected chi connectivity index (χ1v) is 11.8. The van der Waals surface area contributed by atoms with Crippen molar-refractivity contribution >= 4 is 22.8 Å². The van der Waals surface area contributed by atoms with Crippen molar-refractivity contribution < 1.29 is 9.53 Å².